The molecule has 1 saturated carbocycles. The number of halogens is 2. The summed E-state index contributed by atoms with van der Waals surface area (Å²) in [5, 5.41) is 3.37. The van der Waals surface area contributed by atoms with E-state index in [1.807, 2.05) is 30.3 Å². The number of piperidine rings is 1. The van der Waals surface area contributed by atoms with Crippen molar-refractivity contribution in [3.05, 3.63) is 70.2 Å². The number of carbonyl (C=O) groups is 2. The van der Waals surface area contributed by atoms with Crippen LogP contribution < -0.4 is 5.32 Å². The van der Waals surface area contributed by atoms with Crippen LogP contribution in [-0.4, -0.2) is 53.8 Å². The molecule has 2 aromatic rings. The molecule has 1 N–H and O–H groups in total. The standard InChI is InChI=1S/C31H40BrN3O2.ClH/c32-26-13-11-24(12-14-26)23-35-22-18-31(30(35)37)16-20-34(21-17-31)19-15-28(25-7-3-1-4-8-25)29(36)33-27-9-5-2-6-10-27;/h1,3-4,7-8,11-14,27-28H,2,5-6,9-10,15-23H2,(H,33,36);1H. The van der Waals surface area contributed by atoms with Crippen molar-refractivity contribution in [1.29, 1.82) is 0 Å². The van der Waals surface area contributed by atoms with E-state index in [2.05, 4.69) is 55.3 Å². The van der Waals surface area contributed by atoms with Crippen molar-refractivity contribution in [3.63, 3.8) is 0 Å². The summed E-state index contributed by atoms with van der Waals surface area (Å²) in [5.74, 6) is 0.402. The van der Waals surface area contributed by atoms with Gasteiger partial charge in [-0.05, 0) is 81.4 Å². The van der Waals surface area contributed by atoms with Crippen molar-refractivity contribution in [1.82, 2.24) is 15.1 Å². The first-order chi connectivity index (χ1) is 18.0. The van der Waals surface area contributed by atoms with E-state index in [0.717, 1.165) is 74.7 Å². The van der Waals surface area contributed by atoms with Crippen LogP contribution in [0, 0.1) is 5.41 Å². The molecule has 2 heterocycles. The number of benzene rings is 2. The molecule has 2 aliphatic heterocycles. The largest absolute Gasteiger partial charge is 0.353 e. The van der Waals surface area contributed by atoms with Gasteiger partial charge in [0, 0.05) is 23.6 Å². The van der Waals surface area contributed by atoms with Gasteiger partial charge in [0.1, 0.15) is 0 Å². The predicted molar refractivity (Wildman–Crippen MR) is 158 cm³/mol. The van der Waals surface area contributed by atoms with Crippen LogP contribution in [0.5, 0.6) is 0 Å². The summed E-state index contributed by atoms with van der Waals surface area (Å²) in [5.41, 5.74) is 2.10. The Balaban J connectivity index is 0.00000336. The smallest absolute Gasteiger partial charge is 0.229 e. The lowest BCUT2D eigenvalue weighted by Gasteiger charge is -2.38. The van der Waals surface area contributed by atoms with Gasteiger partial charge in [-0.25, -0.2) is 0 Å². The summed E-state index contributed by atoms with van der Waals surface area (Å²) in [6, 6.07) is 18.9. The third kappa shape index (κ3) is 7.00. The summed E-state index contributed by atoms with van der Waals surface area (Å²) in [4.78, 5) is 31.3. The second-order valence-electron chi connectivity index (χ2n) is 11.3. The fraction of sp³-hybridized carbons (Fsp3) is 0.548. The highest BCUT2D eigenvalue weighted by Gasteiger charge is 2.47. The van der Waals surface area contributed by atoms with Gasteiger partial charge in [-0.15, -0.1) is 12.4 Å². The molecule has 1 atom stereocenters. The lowest BCUT2D eigenvalue weighted by molar-refractivity contribution is -0.138. The minimum Gasteiger partial charge on any atom is -0.353 e. The number of nitrogens with one attached hydrogen (secondary N) is 1. The molecule has 206 valence electrons. The van der Waals surface area contributed by atoms with Crippen LogP contribution in [0.15, 0.2) is 59.1 Å². The number of likely N-dealkylation sites (tertiary alicyclic amines) is 2. The van der Waals surface area contributed by atoms with Crippen molar-refractivity contribution >= 4 is 40.2 Å². The molecule has 0 aromatic heterocycles. The number of nitrogens with zero attached hydrogens (tertiary/aromatic N) is 2. The summed E-state index contributed by atoms with van der Waals surface area (Å²) in [7, 11) is 0. The molecule has 3 aliphatic rings. The molecule has 1 spiro atoms. The second kappa shape index (κ2) is 13.5. The van der Waals surface area contributed by atoms with E-state index in [-0.39, 0.29) is 29.6 Å². The number of carbonyl (C=O) groups excluding carboxylic acids is 2. The van der Waals surface area contributed by atoms with Crippen molar-refractivity contribution in [2.45, 2.75) is 76.3 Å². The molecule has 5 rings (SSSR count). The maximum Gasteiger partial charge on any atom is 0.229 e. The summed E-state index contributed by atoms with van der Waals surface area (Å²) >= 11 is 3.49. The van der Waals surface area contributed by atoms with E-state index in [9.17, 15) is 9.59 Å². The van der Waals surface area contributed by atoms with Crippen LogP contribution in [0.4, 0.5) is 0 Å². The second-order valence-corrected chi connectivity index (χ2v) is 12.2. The predicted octanol–water partition coefficient (Wildman–Crippen LogP) is 6.31. The minimum atomic E-state index is -0.191. The van der Waals surface area contributed by atoms with Gasteiger partial charge in [-0.1, -0.05) is 77.7 Å². The Morgan fingerprint density at radius 3 is 2.29 bits per heavy atom. The number of amides is 2. The lowest BCUT2D eigenvalue weighted by Crippen LogP contribution is -2.45. The fourth-order valence-electron chi connectivity index (χ4n) is 6.52. The maximum absolute atomic E-state index is 13.4. The Morgan fingerprint density at radius 1 is 0.947 bits per heavy atom. The van der Waals surface area contributed by atoms with Crippen LogP contribution in [0.1, 0.15) is 74.8 Å². The maximum atomic E-state index is 13.4. The number of hydrogen-bond acceptors (Lipinski definition) is 3. The Bertz CT molecular complexity index is 1050. The van der Waals surface area contributed by atoms with E-state index < -0.39 is 0 Å². The molecular formula is C31H41BrClN3O2. The van der Waals surface area contributed by atoms with E-state index in [1.54, 1.807) is 0 Å². The molecule has 1 aliphatic carbocycles. The molecule has 2 amide bonds. The van der Waals surface area contributed by atoms with E-state index in [0.29, 0.717) is 18.5 Å². The zero-order valence-electron chi connectivity index (χ0n) is 22.2. The zero-order valence-corrected chi connectivity index (χ0v) is 24.6. The average Bonchev–Trinajstić information content (AvgIpc) is 3.22. The van der Waals surface area contributed by atoms with Crippen molar-refractivity contribution in [2.24, 2.45) is 5.41 Å². The van der Waals surface area contributed by atoms with Gasteiger partial charge in [0.2, 0.25) is 11.8 Å². The summed E-state index contributed by atoms with van der Waals surface area (Å²) in [6.45, 7) is 4.32. The minimum absolute atomic E-state index is 0. The van der Waals surface area contributed by atoms with Crippen molar-refractivity contribution < 1.29 is 9.59 Å². The van der Waals surface area contributed by atoms with Crippen LogP contribution in [0.3, 0.4) is 0 Å². The summed E-state index contributed by atoms with van der Waals surface area (Å²) in [6.07, 6.45) is 9.56. The molecule has 1 unspecified atom stereocenters. The Morgan fingerprint density at radius 2 is 1.61 bits per heavy atom. The number of rotatable bonds is 8. The van der Waals surface area contributed by atoms with E-state index in [4.69, 9.17) is 0 Å². The first kappa shape index (κ1) is 29.1. The molecule has 7 heteroatoms. The average molecular weight is 603 g/mol. The molecule has 0 bridgehead atoms. The van der Waals surface area contributed by atoms with Crippen LogP contribution in [0.25, 0.3) is 0 Å². The molecule has 2 aromatic carbocycles. The van der Waals surface area contributed by atoms with Gasteiger partial charge < -0.3 is 15.1 Å². The third-order valence-corrected chi connectivity index (χ3v) is 9.43. The van der Waals surface area contributed by atoms with Gasteiger partial charge in [0.15, 0.2) is 0 Å². The van der Waals surface area contributed by atoms with Crippen LogP contribution >= 0.6 is 28.3 Å². The van der Waals surface area contributed by atoms with Crippen LogP contribution in [0.2, 0.25) is 0 Å². The van der Waals surface area contributed by atoms with Gasteiger partial charge in [-0.2, -0.15) is 0 Å². The first-order valence-corrected chi connectivity index (χ1v) is 14.9. The zero-order chi connectivity index (χ0) is 25.7. The van der Waals surface area contributed by atoms with Crippen molar-refractivity contribution in [3.8, 4) is 0 Å². The Kier molecular flexibility index (Phi) is 10.3. The SMILES string of the molecule is Cl.O=C(NC1CCCCC1)C(CCN1CCC2(CC1)CCN(Cc1ccc(Br)cc1)C2=O)c1ccccc1. The van der Waals surface area contributed by atoms with E-state index in [1.165, 1.54) is 24.8 Å². The Hall–Kier alpha value is -1.89. The quantitative estimate of drug-likeness (QED) is 0.385. The fourth-order valence-corrected chi connectivity index (χ4v) is 6.78. The van der Waals surface area contributed by atoms with Gasteiger partial charge in [0.05, 0.1) is 11.3 Å². The summed E-state index contributed by atoms with van der Waals surface area (Å²) < 4.78 is 1.06. The number of hydrogen-bond donors (Lipinski definition) is 1. The molecule has 3 fully saturated rings. The molecule has 5 nitrogen and oxygen atoms in total. The monoisotopic (exact) mass is 601 g/mol. The lowest BCUT2D eigenvalue weighted by atomic mass is 9.77. The topological polar surface area (TPSA) is 52.7 Å². The van der Waals surface area contributed by atoms with Crippen molar-refractivity contribution in [2.75, 3.05) is 26.2 Å². The highest BCUT2D eigenvalue weighted by Crippen LogP contribution is 2.42. The molecule has 0 radical (unpaired) electrons. The van der Waals surface area contributed by atoms with Crippen LogP contribution in [-0.2, 0) is 16.1 Å². The van der Waals surface area contributed by atoms with Gasteiger partial charge >= 0.3 is 0 Å². The normalized spacial score (nSPS) is 20.8. The molecule has 38 heavy (non-hydrogen) atoms. The molecular weight excluding hydrogens is 562 g/mol. The Labute approximate surface area is 242 Å². The highest BCUT2D eigenvalue weighted by atomic mass is 79.9. The third-order valence-electron chi connectivity index (χ3n) is 8.91. The van der Waals surface area contributed by atoms with Gasteiger partial charge in [-0.3, -0.25) is 9.59 Å². The van der Waals surface area contributed by atoms with E-state index >= 15 is 0 Å². The molecule has 2 saturated heterocycles. The first-order valence-electron chi connectivity index (χ1n) is 14.1. The highest BCUT2D eigenvalue weighted by molar-refractivity contribution is 9.10. The van der Waals surface area contributed by atoms with Gasteiger partial charge in [0.25, 0.3) is 0 Å².